The zero-order chi connectivity index (χ0) is 12.1. The van der Waals surface area contributed by atoms with Gasteiger partial charge in [-0.2, -0.15) is 0 Å². The average Bonchev–Trinajstić information content (AvgIpc) is 3.10. The molecule has 0 aromatic carbocycles. The number of rotatable bonds is 6. The van der Waals surface area contributed by atoms with E-state index in [1.807, 2.05) is 0 Å². The second kappa shape index (κ2) is 6.39. The number of hydrogen-bond donors (Lipinski definition) is 2. The van der Waals surface area contributed by atoms with Gasteiger partial charge in [0, 0.05) is 18.5 Å². The second-order valence-corrected chi connectivity index (χ2v) is 5.77. The molecule has 2 atom stereocenters. The highest BCUT2D eigenvalue weighted by Crippen LogP contribution is 2.23. The largest absolute Gasteiger partial charge is 0.353 e. The highest BCUT2D eigenvalue weighted by atomic mass is 16.1. The first-order valence-corrected chi connectivity index (χ1v) is 7.28. The van der Waals surface area contributed by atoms with Crippen molar-refractivity contribution < 1.29 is 4.79 Å². The van der Waals surface area contributed by atoms with Crippen molar-refractivity contribution in [3.8, 4) is 0 Å². The second-order valence-electron chi connectivity index (χ2n) is 5.77. The standard InChI is InChI=1S/C14H26N2O/c1-11-5-2-3-6-13(11)15-10-4-7-14(17)16-12-8-9-12/h11-13,15H,2-10H2,1H3,(H,16,17). The smallest absolute Gasteiger partial charge is 0.220 e. The Hall–Kier alpha value is -0.570. The Morgan fingerprint density at radius 2 is 1.94 bits per heavy atom. The molecule has 2 fully saturated rings. The summed E-state index contributed by atoms with van der Waals surface area (Å²) in [5.41, 5.74) is 0. The van der Waals surface area contributed by atoms with Crippen LogP contribution in [-0.2, 0) is 4.79 Å². The maximum Gasteiger partial charge on any atom is 0.220 e. The average molecular weight is 238 g/mol. The lowest BCUT2D eigenvalue weighted by molar-refractivity contribution is -0.121. The summed E-state index contributed by atoms with van der Waals surface area (Å²) in [6, 6.07) is 1.20. The van der Waals surface area contributed by atoms with Crippen molar-refractivity contribution in [1.82, 2.24) is 10.6 Å². The molecular weight excluding hydrogens is 212 g/mol. The maximum absolute atomic E-state index is 11.5. The minimum absolute atomic E-state index is 0.242. The topological polar surface area (TPSA) is 41.1 Å². The molecule has 17 heavy (non-hydrogen) atoms. The Morgan fingerprint density at radius 1 is 1.18 bits per heavy atom. The van der Waals surface area contributed by atoms with Gasteiger partial charge in [-0.3, -0.25) is 4.79 Å². The van der Waals surface area contributed by atoms with Crippen molar-refractivity contribution in [3.05, 3.63) is 0 Å². The van der Waals surface area contributed by atoms with Gasteiger partial charge in [0.05, 0.1) is 0 Å². The van der Waals surface area contributed by atoms with Gasteiger partial charge in [0.15, 0.2) is 0 Å². The van der Waals surface area contributed by atoms with Crippen LogP contribution < -0.4 is 10.6 Å². The van der Waals surface area contributed by atoms with E-state index in [9.17, 15) is 4.79 Å². The van der Waals surface area contributed by atoms with Gasteiger partial charge in [0.25, 0.3) is 0 Å². The zero-order valence-corrected chi connectivity index (χ0v) is 11.0. The van der Waals surface area contributed by atoms with Crippen LogP contribution in [0.5, 0.6) is 0 Å². The normalized spacial score (nSPS) is 29.0. The van der Waals surface area contributed by atoms with E-state index in [-0.39, 0.29) is 5.91 Å². The molecule has 0 bridgehead atoms. The molecule has 0 saturated heterocycles. The number of carbonyl (C=O) groups excluding carboxylic acids is 1. The summed E-state index contributed by atoms with van der Waals surface area (Å²) in [5, 5.41) is 6.65. The Bertz CT molecular complexity index is 251. The molecule has 2 saturated carbocycles. The molecule has 98 valence electrons. The van der Waals surface area contributed by atoms with Crippen LogP contribution >= 0.6 is 0 Å². The predicted octanol–water partition coefficient (Wildman–Crippen LogP) is 2.21. The summed E-state index contributed by atoms with van der Waals surface area (Å²) in [5.74, 6) is 1.05. The Balaban J connectivity index is 1.51. The lowest BCUT2D eigenvalue weighted by atomic mass is 9.86. The fourth-order valence-corrected chi connectivity index (χ4v) is 2.68. The highest BCUT2D eigenvalue weighted by molar-refractivity contribution is 5.76. The first kappa shape index (κ1) is 12.9. The van der Waals surface area contributed by atoms with E-state index in [0.29, 0.717) is 18.5 Å². The van der Waals surface area contributed by atoms with Gasteiger partial charge in [0.2, 0.25) is 5.91 Å². The molecule has 3 nitrogen and oxygen atoms in total. The van der Waals surface area contributed by atoms with Crippen molar-refractivity contribution in [1.29, 1.82) is 0 Å². The third-order valence-corrected chi connectivity index (χ3v) is 4.04. The molecular formula is C14H26N2O. The summed E-state index contributed by atoms with van der Waals surface area (Å²) in [6.07, 6.45) is 9.46. The molecule has 0 radical (unpaired) electrons. The first-order valence-electron chi connectivity index (χ1n) is 7.28. The lowest BCUT2D eigenvalue weighted by Crippen LogP contribution is -2.38. The van der Waals surface area contributed by atoms with Gasteiger partial charge in [-0.15, -0.1) is 0 Å². The summed E-state index contributed by atoms with van der Waals surface area (Å²) in [6.45, 7) is 3.34. The molecule has 0 aliphatic heterocycles. The number of nitrogens with one attached hydrogen (secondary N) is 2. The Kier molecular flexibility index (Phi) is 4.84. The third kappa shape index (κ3) is 4.66. The minimum Gasteiger partial charge on any atom is -0.353 e. The van der Waals surface area contributed by atoms with E-state index in [4.69, 9.17) is 0 Å². The fourth-order valence-electron chi connectivity index (χ4n) is 2.68. The molecule has 0 aromatic heterocycles. The molecule has 0 spiro atoms. The van der Waals surface area contributed by atoms with Crippen LogP contribution in [0.1, 0.15) is 58.3 Å². The predicted molar refractivity (Wildman–Crippen MR) is 69.8 cm³/mol. The van der Waals surface area contributed by atoms with Gasteiger partial charge in [-0.1, -0.05) is 19.8 Å². The first-order chi connectivity index (χ1) is 8.25. The van der Waals surface area contributed by atoms with Crippen LogP contribution in [0.2, 0.25) is 0 Å². The molecule has 0 aromatic rings. The fraction of sp³-hybridized carbons (Fsp3) is 0.929. The SMILES string of the molecule is CC1CCCCC1NCCCC(=O)NC1CC1. The Labute approximate surface area is 105 Å². The molecule has 3 heteroatoms. The zero-order valence-electron chi connectivity index (χ0n) is 11.0. The van der Waals surface area contributed by atoms with Gasteiger partial charge in [0.1, 0.15) is 0 Å². The summed E-state index contributed by atoms with van der Waals surface area (Å²) in [7, 11) is 0. The summed E-state index contributed by atoms with van der Waals surface area (Å²) >= 11 is 0. The van der Waals surface area contributed by atoms with Gasteiger partial charge in [-0.05, 0) is 44.6 Å². The van der Waals surface area contributed by atoms with E-state index < -0.39 is 0 Å². The van der Waals surface area contributed by atoms with E-state index in [1.165, 1.54) is 38.5 Å². The minimum atomic E-state index is 0.242. The van der Waals surface area contributed by atoms with Crippen molar-refractivity contribution in [2.24, 2.45) is 5.92 Å². The van der Waals surface area contributed by atoms with Gasteiger partial charge in [-0.25, -0.2) is 0 Å². The monoisotopic (exact) mass is 238 g/mol. The molecule has 2 aliphatic carbocycles. The van der Waals surface area contributed by atoms with E-state index in [1.54, 1.807) is 0 Å². The third-order valence-electron chi connectivity index (χ3n) is 4.04. The van der Waals surface area contributed by atoms with Gasteiger partial charge < -0.3 is 10.6 Å². The van der Waals surface area contributed by atoms with Crippen LogP contribution in [-0.4, -0.2) is 24.5 Å². The molecule has 0 heterocycles. The van der Waals surface area contributed by atoms with Crippen LogP contribution in [0.3, 0.4) is 0 Å². The lowest BCUT2D eigenvalue weighted by Gasteiger charge is -2.29. The number of amides is 1. The summed E-state index contributed by atoms with van der Waals surface area (Å²) < 4.78 is 0. The molecule has 2 aliphatic rings. The van der Waals surface area contributed by atoms with E-state index in [0.717, 1.165) is 18.9 Å². The van der Waals surface area contributed by atoms with Crippen molar-refractivity contribution in [2.75, 3.05) is 6.54 Å². The molecule has 2 N–H and O–H groups in total. The van der Waals surface area contributed by atoms with Crippen molar-refractivity contribution in [2.45, 2.75) is 70.4 Å². The quantitative estimate of drug-likeness (QED) is 0.697. The number of carbonyl (C=O) groups is 1. The maximum atomic E-state index is 11.5. The van der Waals surface area contributed by atoms with Crippen LogP contribution in [0.15, 0.2) is 0 Å². The molecule has 2 rings (SSSR count). The van der Waals surface area contributed by atoms with E-state index in [2.05, 4.69) is 17.6 Å². The van der Waals surface area contributed by atoms with Gasteiger partial charge >= 0.3 is 0 Å². The number of hydrogen-bond acceptors (Lipinski definition) is 2. The van der Waals surface area contributed by atoms with Crippen molar-refractivity contribution in [3.63, 3.8) is 0 Å². The van der Waals surface area contributed by atoms with Crippen LogP contribution in [0, 0.1) is 5.92 Å². The van der Waals surface area contributed by atoms with Crippen LogP contribution in [0.25, 0.3) is 0 Å². The van der Waals surface area contributed by atoms with Crippen LogP contribution in [0.4, 0.5) is 0 Å². The molecule has 1 amide bonds. The van der Waals surface area contributed by atoms with E-state index >= 15 is 0 Å². The van der Waals surface area contributed by atoms with Crippen molar-refractivity contribution >= 4 is 5.91 Å². The Morgan fingerprint density at radius 3 is 2.65 bits per heavy atom. The summed E-state index contributed by atoms with van der Waals surface area (Å²) in [4.78, 5) is 11.5. The molecule has 2 unspecified atom stereocenters. The highest BCUT2D eigenvalue weighted by Gasteiger charge is 2.23.